The van der Waals surface area contributed by atoms with E-state index in [0.717, 1.165) is 29.8 Å². The van der Waals surface area contributed by atoms with E-state index in [1.54, 1.807) is 4.90 Å². The summed E-state index contributed by atoms with van der Waals surface area (Å²) in [4.78, 5) is 16.6. The average Bonchev–Trinajstić information content (AvgIpc) is 2.59. The predicted molar refractivity (Wildman–Crippen MR) is 101 cm³/mol. The molecule has 0 aliphatic carbocycles. The van der Waals surface area contributed by atoms with Crippen LogP contribution in [-0.4, -0.2) is 38.2 Å². The summed E-state index contributed by atoms with van der Waals surface area (Å²) in [6.45, 7) is 1.84. The summed E-state index contributed by atoms with van der Waals surface area (Å²) in [6.07, 6.45) is 0.604. The second-order valence-electron chi connectivity index (χ2n) is 6.76. The largest absolute Gasteiger partial charge is 0.444 e. The molecule has 2 aromatic rings. The summed E-state index contributed by atoms with van der Waals surface area (Å²) >= 11 is 6.15. The van der Waals surface area contributed by atoms with Crippen molar-refractivity contribution < 1.29 is 9.53 Å². The van der Waals surface area contributed by atoms with Gasteiger partial charge in [-0.25, -0.2) is 4.79 Å². The van der Waals surface area contributed by atoms with Crippen molar-refractivity contribution in [3.63, 3.8) is 0 Å². The molecule has 4 nitrogen and oxygen atoms in total. The summed E-state index contributed by atoms with van der Waals surface area (Å²) in [5.41, 5.74) is 2.98. The van der Waals surface area contributed by atoms with Gasteiger partial charge in [0.05, 0.1) is 5.69 Å². The second kappa shape index (κ2) is 7.89. The van der Waals surface area contributed by atoms with Crippen molar-refractivity contribution in [2.75, 3.05) is 32.1 Å². The molecule has 0 unspecified atom stereocenters. The van der Waals surface area contributed by atoms with Crippen LogP contribution >= 0.6 is 11.6 Å². The van der Waals surface area contributed by atoms with Gasteiger partial charge in [0, 0.05) is 18.1 Å². The van der Waals surface area contributed by atoms with Crippen LogP contribution in [0.1, 0.15) is 11.1 Å². The van der Waals surface area contributed by atoms with Crippen molar-refractivity contribution in [3.05, 3.63) is 64.7 Å². The van der Waals surface area contributed by atoms with Gasteiger partial charge in [0.25, 0.3) is 0 Å². The van der Waals surface area contributed by atoms with Crippen molar-refractivity contribution >= 4 is 23.4 Å². The third kappa shape index (κ3) is 4.53. The van der Waals surface area contributed by atoms with E-state index in [1.165, 1.54) is 0 Å². The van der Waals surface area contributed by atoms with Gasteiger partial charge in [0.2, 0.25) is 0 Å². The van der Waals surface area contributed by atoms with Crippen LogP contribution in [0.25, 0.3) is 0 Å². The first-order chi connectivity index (χ1) is 12.0. The van der Waals surface area contributed by atoms with Crippen LogP contribution in [0.3, 0.4) is 0 Å². The molecular weight excluding hydrogens is 336 g/mol. The first-order valence-electron chi connectivity index (χ1n) is 8.44. The number of halogens is 1. The fourth-order valence-electron chi connectivity index (χ4n) is 3.32. The highest BCUT2D eigenvalue weighted by Gasteiger charge is 2.30. The van der Waals surface area contributed by atoms with E-state index >= 15 is 0 Å². The lowest BCUT2D eigenvalue weighted by molar-refractivity contribution is 0.144. The minimum absolute atomic E-state index is 0.275. The summed E-state index contributed by atoms with van der Waals surface area (Å²) in [7, 11) is 4.09. The zero-order valence-electron chi connectivity index (χ0n) is 14.6. The maximum Gasteiger partial charge on any atom is 0.414 e. The highest BCUT2D eigenvalue weighted by molar-refractivity contribution is 6.30. The summed E-state index contributed by atoms with van der Waals surface area (Å²) in [5, 5.41) is 0.696. The number of anilines is 1. The number of nitrogens with zero attached hydrogens (tertiary/aromatic N) is 2. The Bertz CT molecular complexity index is 734. The van der Waals surface area contributed by atoms with Gasteiger partial charge in [-0.05, 0) is 55.8 Å². The van der Waals surface area contributed by atoms with E-state index in [9.17, 15) is 4.79 Å². The maximum atomic E-state index is 12.7. The molecule has 0 radical (unpaired) electrons. The van der Waals surface area contributed by atoms with Gasteiger partial charge in [0.1, 0.15) is 6.61 Å². The molecule has 1 amide bonds. The Labute approximate surface area is 154 Å². The maximum absolute atomic E-state index is 12.7. The molecule has 0 aromatic heterocycles. The SMILES string of the molecule is CN(C)C[C@@H]1Cc2cc(Cl)ccc2N(C(=O)OCc2ccccc2)C1. The Kier molecular flexibility index (Phi) is 5.61. The normalized spacial score (nSPS) is 16.6. The standard InChI is InChI=1S/C20H23ClN2O2/c1-22(2)12-16-10-17-11-18(21)8-9-19(17)23(13-16)20(24)25-14-15-6-4-3-5-7-15/h3-9,11,16H,10,12-14H2,1-2H3/t16-/m0/s1. The number of rotatable bonds is 4. The lowest BCUT2D eigenvalue weighted by Gasteiger charge is -2.35. The molecule has 1 aliphatic rings. The topological polar surface area (TPSA) is 32.8 Å². The minimum Gasteiger partial charge on any atom is -0.444 e. The molecule has 1 atom stereocenters. The number of carbonyl (C=O) groups excluding carboxylic acids is 1. The van der Waals surface area contributed by atoms with E-state index in [-0.39, 0.29) is 12.7 Å². The molecule has 0 saturated heterocycles. The van der Waals surface area contributed by atoms with E-state index in [1.807, 2.05) is 62.6 Å². The van der Waals surface area contributed by atoms with Crippen LogP contribution in [-0.2, 0) is 17.8 Å². The third-order valence-electron chi connectivity index (χ3n) is 4.33. The van der Waals surface area contributed by atoms with Crippen LogP contribution in [0.15, 0.2) is 48.5 Å². The highest BCUT2D eigenvalue weighted by atomic mass is 35.5. The molecule has 0 fully saturated rings. The van der Waals surface area contributed by atoms with Crippen LogP contribution in [0, 0.1) is 5.92 Å². The van der Waals surface area contributed by atoms with Crippen LogP contribution in [0.5, 0.6) is 0 Å². The molecule has 0 N–H and O–H groups in total. The molecular formula is C20H23ClN2O2. The summed E-state index contributed by atoms with van der Waals surface area (Å²) < 4.78 is 5.55. The number of fused-ring (bicyclic) bond motifs is 1. The van der Waals surface area contributed by atoms with E-state index in [0.29, 0.717) is 17.5 Å². The summed E-state index contributed by atoms with van der Waals surface area (Å²) in [5.74, 6) is 0.352. The molecule has 5 heteroatoms. The molecule has 3 rings (SSSR count). The molecule has 2 aromatic carbocycles. The van der Waals surface area contributed by atoms with Gasteiger partial charge in [-0.1, -0.05) is 41.9 Å². The number of hydrogen-bond acceptors (Lipinski definition) is 3. The first kappa shape index (κ1) is 17.8. The van der Waals surface area contributed by atoms with Gasteiger partial charge in [-0.2, -0.15) is 0 Å². The lowest BCUT2D eigenvalue weighted by atomic mass is 9.92. The Balaban J connectivity index is 1.77. The van der Waals surface area contributed by atoms with Crippen molar-refractivity contribution in [2.24, 2.45) is 5.92 Å². The Morgan fingerprint density at radius 1 is 1.24 bits per heavy atom. The smallest absolute Gasteiger partial charge is 0.414 e. The summed E-state index contributed by atoms with van der Waals surface area (Å²) in [6, 6.07) is 15.4. The van der Waals surface area contributed by atoms with Crippen molar-refractivity contribution in [1.82, 2.24) is 4.90 Å². The third-order valence-corrected chi connectivity index (χ3v) is 4.57. The van der Waals surface area contributed by atoms with Gasteiger partial charge in [-0.3, -0.25) is 4.90 Å². The molecule has 0 bridgehead atoms. The quantitative estimate of drug-likeness (QED) is 0.820. The van der Waals surface area contributed by atoms with Gasteiger partial charge in [-0.15, -0.1) is 0 Å². The molecule has 1 heterocycles. The van der Waals surface area contributed by atoms with Gasteiger partial charge >= 0.3 is 6.09 Å². The monoisotopic (exact) mass is 358 g/mol. The Hall–Kier alpha value is -2.04. The fourth-order valence-corrected chi connectivity index (χ4v) is 3.52. The molecule has 25 heavy (non-hydrogen) atoms. The number of ether oxygens (including phenoxy) is 1. The average molecular weight is 359 g/mol. The van der Waals surface area contributed by atoms with Gasteiger partial charge < -0.3 is 9.64 Å². The Morgan fingerprint density at radius 2 is 2.00 bits per heavy atom. The van der Waals surface area contributed by atoms with Crippen LogP contribution in [0.2, 0.25) is 5.02 Å². The second-order valence-corrected chi connectivity index (χ2v) is 7.19. The lowest BCUT2D eigenvalue weighted by Crippen LogP contribution is -2.43. The number of benzene rings is 2. The van der Waals surface area contributed by atoms with Crippen LogP contribution < -0.4 is 4.90 Å². The molecule has 132 valence electrons. The predicted octanol–water partition coefficient (Wildman–Crippen LogP) is 4.22. The zero-order chi connectivity index (χ0) is 17.8. The van der Waals surface area contributed by atoms with E-state index in [2.05, 4.69) is 4.90 Å². The highest BCUT2D eigenvalue weighted by Crippen LogP contribution is 2.32. The number of amides is 1. The number of carbonyl (C=O) groups is 1. The van der Waals surface area contributed by atoms with Crippen molar-refractivity contribution in [3.8, 4) is 0 Å². The first-order valence-corrected chi connectivity index (χ1v) is 8.82. The number of hydrogen-bond donors (Lipinski definition) is 0. The molecule has 0 saturated carbocycles. The molecule has 1 aliphatic heterocycles. The van der Waals surface area contributed by atoms with Crippen molar-refractivity contribution in [2.45, 2.75) is 13.0 Å². The van der Waals surface area contributed by atoms with E-state index in [4.69, 9.17) is 16.3 Å². The van der Waals surface area contributed by atoms with E-state index < -0.39 is 0 Å². The Morgan fingerprint density at radius 3 is 2.72 bits per heavy atom. The fraction of sp³-hybridized carbons (Fsp3) is 0.350. The van der Waals surface area contributed by atoms with Gasteiger partial charge in [0.15, 0.2) is 0 Å². The van der Waals surface area contributed by atoms with Crippen LogP contribution in [0.4, 0.5) is 10.5 Å². The zero-order valence-corrected chi connectivity index (χ0v) is 15.4. The minimum atomic E-state index is -0.309. The van der Waals surface area contributed by atoms with Crippen molar-refractivity contribution in [1.29, 1.82) is 0 Å². The molecule has 0 spiro atoms.